The van der Waals surface area contributed by atoms with E-state index in [1.807, 2.05) is 13.8 Å². The Bertz CT molecular complexity index is 533. The molecular formula is C13H16N2O4. The zero-order valence-electron chi connectivity index (χ0n) is 11.1. The number of nitrogens with one attached hydrogen (secondary N) is 1. The second-order valence-corrected chi connectivity index (χ2v) is 4.71. The number of rotatable bonds is 3. The maximum absolute atomic E-state index is 11.9. The van der Waals surface area contributed by atoms with Gasteiger partial charge in [0.05, 0.1) is 12.8 Å². The lowest BCUT2D eigenvalue weighted by atomic mass is 9.82. The van der Waals surface area contributed by atoms with Crippen molar-refractivity contribution in [1.29, 1.82) is 0 Å². The Balaban J connectivity index is 2.13. The van der Waals surface area contributed by atoms with Crippen LogP contribution in [0.15, 0.2) is 22.4 Å². The van der Waals surface area contributed by atoms with Crippen LogP contribution < -0.4 is 5.32 Å². The molecule has 0 fully saturated rings. The van der Waals surface area contributed by atoms with Gasteiger partial charge >= 0.3 is 5.97 Å². The maximum Gasteiger partial charge on any atom is 0.316 e. The molecule has 1 aliphatic rings. The number of methoxy groups -OCH3 is 1. The van der Waals surface area contributed by atoms with E-state index in [0.29, 0.717) is 18.0 Å². The number of hydrogen-bond donors (Lipinski definition) is 1. The van der Waals surface area contributed by atoms with Crippen LogP contribution in [-0.4, -0.2) is 24.0 Å². The van der Waals surface area contributed by atoms with E-state index in [1.165, 1.54) is 13.2 Å². The van der Waals surface area contributed by atoms with E-state index in [-0.39, 0.29) is 11.7 Å². The molecule has 0 saturated carbocycles. The molecule has 6 heteroatoms. The quantitative estimate of drug-likeness (QED) is 0.660. The molecule has 0 radical (unpaired) electrons. The van der Waals surface area contributed by atoms with E-state index < -0.39 is 11.9 Å². The molecule has 0 saturated heterocycles. The highest BCUT2D eigenvalue weighted by Crippen LogP contribution is 2.29. The summed E-state index contributed by atoms with van der Waals surface area (Å²) >= 11 is 0. The molecular weight excluding hydrogens is 248 g/mol. The molecule has 0 bridgehead atoms. The van der Waals surface area contributed by atoms with E-state index in [1.54, 1.807) is 6.07 Å². The standard InChI is InChI=1S/C13H16N2O4/c1-7-4-9(14-11-5-8(2)15-19-11)6-10(16)12(7)13(17)18-3/h5-7,12,14H,4H2,1-3H3/t7-,12+/m1/s1. The van der Waals surface area contributed by atoms with Gasteiger partial charge in [0.2, 0.25) is 5.88 Å². The Labute approximate surface area is 110 Å². The third-order valence-corrected chi connectivity index (χ3v) is 3.10. The van der Waals surface area contributed by atoms with Gasteiger partial charge in [-0.1, -0.05) is 12.1 Å². The Hall–Kier alpha value is -2.11. The van der Waals surface area contributed by atoms with Crippen molar-refractivity contribution in [1.82, 2.24) is 5.16 Å². The summed E-state index contributed by atoms with van der Waals surface area (Å²) in [6.07, 6.45) is 2.00. The lowest BCUT2D eigenvalue weighted by Crippen LogP contribution is -2.34. The summed E-state index contributed by atoms with van der Waals surface area (Å²) in [6, 6.07) is 1.74. The molecule has 1 aromatic heterocycles. The van der Waals surface area contributed by atoms with Gasteiger partial charge in [0.15, 0.2) is 5.78 Å². The molecule has 19 heavy (non-hydrogen) atoms. The lowest BCUT2D eigenvalue weighted by molar-refractivity contribution is -0.150. The third kappa shape index (κ3) is 2.83. The number of hydrogen-bond acceptors (Lipinski definition) is 6. The second kappa shape index (κ2) is 5.26. The summed E-state index contributed by atoms with van der Waals surface area (Å²) < 4.78 is 9.68. The SMILES string of the molecule is COC(=O)[C@@H]1C(=O)C=C(Nc2cc(C)no2)C[C@H]1C. The number of esters is 1. The minimum atomic E-state index is -0.716. The Kier molecular flexibility index (Phi) is 3.69. The first-order valence-electron chi connectivity index (χ1n) is 6.04. The average Bonchev–Trinajstić information content (AvgIpc) is 2.73. The molecule has 1 aromatic rings. The lowest BCUT2D eigenvalue weighted by Gasteiger charge is -2.25. The number of carbonyl (C=O) groups is 2. The third-order valence-electron chi connectivity index (χ3n) is 3.10. The van der Waals surface area contributed by atoms with Crippen molar-refractivity contribution in [2.75, 3.05) is 12.4 Å². The van der Waals surface area contributed by atoms with Crippen molar-refractivity contribution in [3.8, 4) is 0 Å². The van der Waals surface area contributed by atoms with Gasteiger partial charge in [-0.05, 0) is 19.3 Å². The first-order chi connectivity index (χ1) is 9.01. The van der Waals surface area contributed by atoms with Crippen molar-refractivity contribution < 1.29 is 18.8 Å². The van der Waals surface area contributed by atoms with Crippen LogP contribution in [0.25, 0.3) is 0 Å². The van der Waals surface area contributed by atoms with Crippen LogP contribution in [0.3, 0.4) is 0 Å². The number of ketones is 1. The molecule has 6 nitrogen and oxygen atoms in total. The van der Waals surface area contributed by atoms with Crippen molar-refractivity contribution in [2.45, 2.75) is 20.3 Å². The Morgan fingerprint density at radius 1 is 1.58 bits per heavy atom. The van der Waals surface area contributed by atoms with Gasteiger partial charge in [-0.3, -0.25) is 9.59 Å². The van der Waals surface area contributed by atoms with Crippen LogP contribution in [0.5, 0.6) is 0 Å². The summed E-state index contributed by atoms with van der Waals surface area (Å²) in [5.74, 6) is -1.07. The molecule has 0 aliphatic heterocycles. The van der Waals surface area contributed by atoms with E-state index in [4.69, 9.17) is 4.52 Å². The number of ether oxygens (including phenoxy) is 1. The summed E-state index contributed by atoms with van der Waals surface area (Å²) in [5, 5.41) is 6.75. The fourth-order valence-corrected chi connectivity index (χ4v) is 2.21. The zero-order chi connectivity index (χ0) is 14.0. The maximum atomic E-state index is 11.9. The second-order valence-electron chi connectivity index (χ2n) is 4.71. The van der Waals surface area contributed by atoms with Crippen LogP contribution in [0.1, 0.15) is 19.0 Å². The van der Waals surface area contributed by atoms with Crippen molar-refractivity contribution in [3.63, 3.8) is 0 Å². The van der Waals surface area contributed by atoms with Crippen LogP contribution in [0.4, 0.5) is 5.88 Å². The Morgan fingerprint density at radius 3 is 2.84 bits per heavy atom. The number of aromatic nitrogens is 1. The molecule has 2 rings (SSSR count). The van der Waals surface area contributed by atoms with Gasteiger partial charge in [-0.2, -0.15) is 0 Å². The van der Waals surface area contributed by atoms with Gasteiger partial charge in [-0.25, -0.2) is 0 Å². The summed E-state index contributed by atoms with van der Waals surface area (Å²) in [4.78, 5) is 23.5. The molecule has 102 valence electrons. The highest BCUT2D eigenvalue weighted by atomic mass is 16.5. The predicted octanol–water partition coefficient (Wildman–Crippen LogP) is 1.68. The van der Waals surface area contributed by atoms with Crippen LogP contribution in [0.2, 0.25) is 0 Å². The molecule has 0 amide bonds. The average molecular weight is 264 g/mol. The topological polar surface area (TPSA) is 81.4 Å². The molecule has 1 heterocycles. The van der Waals surface area contributed by atoms with Crippen molar-refractivity contribution >= 4 is 17.6 Å². The number of aryl methyl sites for hydroxylation is 1. The Morgan fingerprint density at radius 2 is 2.32 bits per heavy atom. The molecule has 2 atom stereocenters. The first-order valence-corrected chi connectivity index (χ1v) is 6.04. The van der Waals surface area contributed by atoms with Crippen LogP contribution in [0, 0.1) is 18.8 Å². The largest absolute Gasteiger partial charge is 0.468 e. The number of carbonyl (C=O) groups excluding carboxylic acids is 2. The molecule has 1 aliphatic carbocycles. The molecule has 0 aromatic carbocycles. The summed E-state index contributed by atoms with van der Waals surface area (Å²) in [7, 11) is 1.29. The first kappa shape index (κ1) is 13.3. The number of anilines is 1. The summed E-state index contributed by atoms with van der Waals surface area (Å²) in [6.45, 7) is 3.66. The fraction of sp³-hybridized carbons (Fsp3) is 0.462. The van der Waals surface area contributed by atoms with Crippen molar-refractivity contribution in [2.24, 2.45) is 11.8 Å². The fourth-order valence-electron chi connectivity index (χ4n) is 2.21. The van der Waals surface area contributed by atoms with Crippen LogP contribution >= 0.6 is 0 Å². The van der Waals surface area contributed by atoms with Gasteiger partial charge in [0.1, 0.15) is 5.92 Å². The minimum Gasteiger partial charge on any atom is -0.468 e. The normalized spacial score (nSPS) is 22.9. The van der Waals surface area contributed by atoms with E-state index in [2.05, 4.69) is 15.2 Å². The predicted molar refractivity (Wildman–Crippen MR) is 67.2 cm³/mol. The van der Waals surface area contributed by atoms with Gasteiger partial charge in [0.25, 0.3) is 0 Å². The van der Waals surface area contributed by atoms with Gasteiger partial charge in [-0.15, -0.1) is 0 Å². The van der Waals surface area contributed by atoms with Crippen LogP contribution in [-0.2, 0) is 14.3 Å². The monoisotopic (exact) mass is 264 g/mol. The molecule has 1 N–H and O–H groups in total. The van der Waals surface area contributed by atoms with Gasteiger partial charge < -0.3 is 14.6 Å². The highest BCUT2D eigenvalue weighted by molar-refractivity contribution is 6.06. The number of allylic oxidation sites excluding steroid dienone is 2. The van der Waals surface area contributed by atoms with E-state index in [9.17, 15) is 9.59 Å². The zero-order valence-corrected chi connectivity index (χ0v) is 11.1. The smallest absolute Gasteiger partial charge is 0.316 e. The van der Waals surface area contributed by atoms with Crippen molar-refractivity contribution in [3.05, 3.63) is 23.5 Å². The van der Waals surface area contributed by atoms with E-state index >= 15 is 0 Å². The molecule has 0 unspecified atom stereocenters. The molecule has 0 spiro atoms. The minimum absolute atomic E-state index is 0.114. The van der Waals surface area contributed by atoms with Gasteiger partial charge in [0, 0.05) is 17.8 Å². The summed E-state index contributed by atoms with van der Waals surface area (Å²) in [5.41, 5.74) is 1.47. The van der Waals surface area contributed by atoms with E-state index in [0.717, 1.165) is 5.69 Å². The number of nitrogens with zero attached hydrogens (tertiary/aromatic N) is 1. The highest BCUT2D eigenvalue weighted by Gasteiger charge is 2.35.